The average Bonchev–Trinajstić information content (AvgIpc) is 2.18. The lowest BCUT2D eigenvalue weighted by molar-refractivity contribution is 0.320. The lowest BCUT2D eigenvalue weighted by atomic mass is 9.97. The monoisotopic (exact) mass is 193 g/mol. The third-order valence-corrected chi connectivity index (χ3v) is 2.44. The van der Waals surface area contributed by atoms with Crippen LogP contribution >= 0.6 is 0 Å². The smallest absolute Gasteiger partial charge is 0.223 e. The van der Waals surface area contributed by atoms with Gasteiger partial charge in [-0.25, -0.2) is 4.98 Å². The highest BCUT2D eigenvalue weighted by atomic mass is 16.5. The third-order valence-electron chi connectivity index (χ3n) is 2.44. The van der Waals surface area contributed by atoms with Gasteiger partial charge in [0, 0.05) is 5.56 Å². The summed E-state index contributed by atoms with van der Waals surface area (Å²) in [5.74, 6) is 1.02. The Kier molecular flexibility index (Phi) is 2.52. The third kappa shape index (κ3) is 1.64. The Bertz CT molecular complexity index is 338. The molecular formula is C10H15N3O. The van der Waals surface area contributed by atoms with Crippen molar-refractivity contribution >= 4 is 5.95 Å². The zero-order chi connectivity index (χ0) is 9.97. The molecule has 0 saturated heterocycles. The number of hydrogen-bond donors (Lipinski definition) is 1. The Morgan fingerprint density at radius 3 is 2.86 bits per heavy atom. The van der Waals surface area contributed by atoms with E-state index in [1.165, 1.54) is 12.8 Å². The second-order valence-corrected chi connectivity index (χ2v) is 3.45. The molecule has 0 saturated carbocycles. The van der Waals surface area contributed by atoms with E-state index < -0.39 is 0 Å². The van der Waals surface area contributed by atoms with E-state index in [-0.39, 0.29) is 0 Å². The number of aryl methyl sites for hydroxylation is 1. The maximum Gasteiger partial charge on any atom is 0.223 e. The summed E-state index contributed by atoms with van der Waals surface area (Å²) in [5, 5.41) is 0. The molecule has 1 aromatic rings. The van der Waals surface area contributed by atoms with Crippen molar-refractivity contribution in [3.05, 3.63) is 11.3 Å². The summed E-state index contributed by atoms with van der Waals surface area (Å²) in [5.41, 5.74) is 7.85. The van der Waals surface area contributed by atoms with E-state index in [9.17, 15) is 0 Å². The number of anilines is 1. The number of aromatic nitrogens is 2. The molecule has 4 nitrogen and oxygen atoms in total. The SMILES string of the molecule is CCOc1nc(N)nc2c1CCCC2. The quantitative estimate of drug-likeness (QED) is 0.769. The molecule has 1 aliphatic rings. The van der Waals surface area contributed by atoms with Gasteiger partial charge in [-0.2, -0.15) is 4.98 Å². The molecule has 0 aromatic carbocycles. The molecule has 1 heterocycles. The molecule has 0 atom stereocenters. The number of nitrogen functional groups attached to an aromatic ring is 1. The van der Waals surface area contributed by atoms with E-state index in [2.05, 4.69) is 9.97 Å². The lowest BCUT2D eigenvalue weighted by Crippen LogP contribution is -2.12. The summed E-state index contributed by atoms with van der Waals surface area (Å²) >= 11 is 0. The maximum atomic E-state index is 5.61. The van der Waals surface area contributed by atoms with Crippen molar-refractivity contribution in [2.24, 2.45) is 0 Å². The normalized spacial score (nSPS) is 14.9. The maximum absolute atomic E-state index is 5.61. The van der Waals surface area contributed by atoms with E-state index >= 15 is 0 Å². The number of hydrogen-bond acceptors (Lipinski definition) is 4. The Balaban J connectivity index is 2.41. The first kappa shape index (κ1) is 9.24. The molecule has 0 spiro atoms. The zero-order valence-corrected chi connectivity index (χ0v) is 8.42. The number of ether oxygens (including phenoxy) is 1. The molecule has 1 aliphatic carbocycles. The first-order valence-electron chi connectivity index (χ1n) is 5.09. The Hall–Kier alpha value is -1.32. The van der Waals surface area contributed by atoms with Gasteiger partial charge in [0.1, 0.15) is 0 Å². The van der Waals surface area contributed by atoms with Crippen LogP contribution in [-0.2, 0) is 12.8 Å². The summed E-state index contributed by atoms with van der Waals surface area (Å²) < 4.78 is 5.45. The van der Waals surface area contributed by atoms with Gasteiger partial charge in [0.25, 0.3) is 0 Å². The van der Waals surface area contributed by atoms with Gasteiger partial charge in [0.05, 0.1) is 12.3 Å². The molecule has 76 valence electrons. The average molecular weight is 193 g/mol. The van der Waals surface area contributed by atoms with Crippen molar-refractivity contribution in [2.45, 2.75) is 32.6 Å². The number of nitrogens with zero attached hydrogens (tertiary/aromatic N) is 2. The Morgan fingerprint density at radius 1 is 1.29 bits per heavy atom. The molecule has 0 aliphatic heterocycles. The van der Waals surface area contributed by atoms with Crippen LogP contribution in [0.25, 0.3) is 0 Å². The highest BCUT2D eigenvalue weighted by Gasteiger charge is 2.17. The van der Waals surface area contributed by atoms with E-state index in [1.54, 1.807) is 0 Å². The van der Waals surface area contributed by atoms with E-state index in [4.69, 9.17) is 10.5 Å². The van der Waals surface area contributed by atoms with E-state index in [0.29, 0.717) is 18.4 Å². The molecule has 0 unspecified atom stereocenters. The minimum absolute atomic E-state index is 0.328. The second kappa shape index (κ2) is 3.82. The second-order valence-electron chi connectivity index (χ2n) is 3.45. The van der Waals surface area contributed by atoms with Crippen LogP contribution in [0.15, 0.2) is 0 Å². The van der Waals surface area contributed by atoms with Crippen molar-refractivity contribution in [3.8, 4) is 5.88 Å². The standard InChI is InChI=1S/C10H15N3O/c1-2-14-9-7-5-3-4-6-8(7)12-10(11)13-9/h2-6H2,1H3,(H2,11,12,13). The van der Waals surface area contributed by atoms with Crippen LogP contribution in [0, 0.1) is 0 Å². The number of fused-ring (bicyclic) bond motifs is 1. The molecule has 4 heteroatoms. The summed E-state index contributed by atoms with van der Waals surface area (Å²) in [6.45, 7) is 2.58. The minimum atomic E-state index is 0.328. The molecule has 0 amide bonds. The molecule has 0 fully saturated rings. The number of rotatable bonds is 2. The van der Waals surface area contributed by atoms with Crippen molar-refractivity contribution < 1.29 is 4.74 Å². The fourth-order valence-electron chi connectivity index (χ4n) is 1.83. The van der Waals surface area contributed by atoms with E-state index in [1.807, 2.05) is 6.92 Å². The van der Waals surface area contributed by atoms with Gasteiger partial charge in [0.15, 0.2) is 0 Å². The van der Waals surface area contributed by atoms with Gasteiger partial charge in [0.2, 0.25) is 11.8 Å². The fraction of sp³-hybridized carbons (Fsp3) is 0.600. The molecule has 1 aromatic heterocycles. The molecule has 2 N–H and O–H groups in total. The molecule has 14 heavy (non-hydrogen) atoms. The van der Waals surface area contributed by atoms with Crippen LogP contribution < -0.4 is 10.5 Å². The topological polar surface area (TPSA) is 61.0 Å². The van der Waals surface area contributed by atoms with Crippen LogP contribution in [0.4, 0.5) is 5.95 Å². The predicted octanol–water partition coefficient (Wildman–Crippen LogP) is 1.34. The summed E-state index contributed by atoms with van der Waals surface area (Å²) in [7, 11) is 0. The van der Waals surface area contributed by atoms with Gasteiger partial charge >= 0.3 is 0 Å². The molecule has 0 bridgehead atoms. The highest BCUT2D eigenvalue weighted by Crippen LogP contribution is 2.27. The molecule has 0 radical (unpaired) electrons. The van der Waals surface area contributed by atoms with Crippen LogP contribution in [0.1, 0.15) is 31.0 Å². The molecular weight excluding hydrogens is 178 g/mol. The highest BCUT2D eigenvalue weighted by molar-refractivity contribution is 5.37. The molecule has 2 rings (SSSR count). The Labute approximate surface area is 83.5 Å². The largest absolute Gasteiger partial charge is 0.478 e. The number of nitrogens with two attached hydrogens (primary N) is 1. The Morgan fingerprint density at radius 2 is 2.07 bits per heavy atom. The summed E-state index contributed by atoms with van der Waals surface area (Å²) in [4.78, 5) is 8.36. The van der Waals surface area contributed by atoms with Gasteiger partial charge in [-0.15, -0.1) is 0 Å². The van der Waals surface area contributed by atoms with E-state index in [0.717, 1.165) is 24.1 Å². The van der Waals surface area contributed by atoms with Crippen molar-refractivity contribution in [2.75, 3.05) is 12.3 Å². The van der Waals surface area contributed by atoms with Crippen LogP contribution in [0.2, 0.25) is 0 Å². The summed E-state index contributed by atoms with van der Waals surface area (Å²) in [6.07, 6.45) is 4.41. The predicted molar refractivity (Wildman–Crippen MR) is 54.3 cm³/mol. The minimum Gasteiger partial charge on any atom is -0.478 e. The van der Waals surface area contributed by atoms with Crippen molar-refractivity contribution in [1.29, 1.82) is 0 Å². The van der Waals surface area contributed by atoms with Crippen LogP contribution in [0.5, 0.6) is 5.88 Å². The van der Waals surface area contributed by atoms with Crippen LogP contribution in [-0.4, -0.2) is 16.6 Å². The van der Waals surface area contributed by atoms with Gasteiger partial charge in [-0.3, -0.25) is 0 Å². The fourth-order valence-corrected chi connectivity index (χ4v) is 1.83. The van der Waals surface area contributed by atoms with Crippen molar-refractivity contribution in [3.63, 3.8) is 0 Å². The van der Waals surface area contributed by atoms with Gasteiger partial charge < -0.3 is 10.5 Å². The zero-order valence-electron chi connectivity index (χ0n) is 8.42. The summed E-state index contributed by atoms with van der Waals surface area (Å²) in [6, 6.07) is 0. The van der Waals surface area contributed by atoms with Gasteiger partial charge in [-0.1, -0.05) is 0 Å². The first-order chi connectivity index (χ1) is 6.81. The van der Waals surface area contributed by atoms with Gasteiger partial charge in [-0.05, 0) is 32.6 Å². The first-order valence-corrected chi connectivity index (χ1v) is 5.09. The van der Waals surface area contributed by atoms with Crippen molar-refractivity contribution in [1.82, 2.24) is 9.97 Å². The van der Waals surface area contributed by atoms with Crippen LogP contribution in [0.3, 0.4) is 0 Å². The lowest BCUT2D eigenvalue weighted by Gasteiger charge is -2.17.